The van der Waals surface area contributed by atoms with Crippen LogP contribution in [0.5, 0.6) is 0 Å². The van der Waals surface area contributed by atoms with Gasteiger partial charge in [0.25, 0.3) is 0 Å². The second kappa shape index (κ2) is 10.2. The number of pyridine rings is 1. The first-order chi connectivity index (χ1) is 16.2. The van der Waals surface area contributed by atoms with Crippen LogP contribution in [0, 0.1) is 11.6 Å². The molecule has 176 valence electrons. The highest BCUT2D eigenvalue weighted by Crippen LogP contribution is 2.37. The van der Waals surface area contributed by atoms with E-state index in [1.807, 2.05) is 73.6 Å². The van der Waals surface area contributed by atoms with Gasteiger partial charge in [-0.2, -0.15) is 0 Å². The van der Waals surface area contributed by atoms with E-state index in [0.29, 0.717) is 23.6 Å². The highest BCUT2D eigenvalue weighted by Gasteiger charge is 2.33. The Morgan fingerprint density at radius 2 is 1.56 bits per heavy atom. The van der Waals surface area contributed by atoms with Gasteiger partial charge >= 0.3 is 0 Å². The van der Waals surface area contributed by atoms with Crippen molar-refractivity contribution in [2.24, 2.45) is 0 Å². The maximum Gasteiger partial charge on any atom is 0.133 e. The van der Waals surface area contributed by atoms with Crippen molar-refractivity contribution in [1.29, 1.82) is 0 Å². The molecule has 0 aliphatic heterocycles. The fourth-order valence-corrected chi connectivity index (χ4v) is 4.60. The number of benzene rings is 3. The summed E-state index contributed by atoms with van der Waals surface area (Å²) in [6, 6.07) is 20.7. The van der Waals surface area contributed by atoms with Gasteiger partial charge in [0.05, 0.1) is 11.1 Å². The van der Waals surface area contributed by atoms with Gasteiger partial charge < -0.3 is 10.0 Å². The molecular formula is C28H27ClF2N2O. The highest BCUT2D eigenvalue weighted by atomic mass is 35.5. The van der Waals surface area contributed by atoms with Crippen LogP contribution in [0.2, 0.25) is 5.15 Å². The average molecular weight is 481 g/mol. The van der Waals surface area contributed by atoms with Crippen LogP contribution in [0.15, 0.2) is 72.8 Å². The van der Waals surface area contributed by atoms with Gasteiger partial charge in [0.15, 0.2) is 0 Å². The first-order valence-electron chi connectivity index (χ1n) is 11.2. The molecule has 0 spiro atoms. The van der Waals surface area contributed by atoms with Crippen molar-refractivity contribution < 1.29 is 13.9 Å². The monoisotopic (exact) mass is 480 g/mol. The third-order valence-corrected chi connectivity index (χ3v) is 6.44. The van der Waals surface area contributed by atoms with Gasteiger partial charge in [-0.25, -0.2) is 13.8 Å². The van der Waals surface area contributed by atoms with Crippen LogP contribution in [0.25, 0.3) is 10.9 Å². The fraction of sp³-hybridized carbons (Fsp3) is 0.250. The Hall–Kier alpha value is -2.86. The van der Waals surface area contributed by atoms with Gasteiger partial charge in [-0.3, -0.25) is 0 Å². The summed E-state index contributed by atoms with van der Waals surface area (Å²) in [4.78, 5) is 6.53. The molecular weight excluding hydrogens is 454 g/mol. The summed E-state index contributed by atoms with van der Waals surface area (Å²) in [6.45, 7) is 0.527. The molecule has 0 aliphatic carbocycles. The summed E-state index contributed by atoms with van der Waals surface area (Å²) in [5, 5.41) is 13.2. The lowest BCUT2D eigenvalue weighted by atomic mass is 9.81. The molecule has 1 aromatic heterocycles. The SMILES string of the molecule is CN(C)CCC(O)(Cc1c(Cc2ccccc2)c(Cl)nc2ccccc12)c1cc(F)cc(F)c1. The second-order valence-electron chi connectivity index (χ2n) is 8.96. The molecule has 0 radical (unpaired) electrons. The molecule has 34 heavy (non-hydrogen) atoms. The summed E-state index contributed by atoms with van der Waals surface area (Å²) in [6.07, 6.45) is 0.935. The molecule has 0 saturated heterocycles. The second-order valence-corrected chi connectivity index (χ2v) is 9.32. The third-order valence-electron chi connectivity index (χ3n) is 6.13. The van der Waals surface area contributed by atoms with Crippen molar-refractivity contribution in [2.75, 3.05) is 20.6 Å². The Bertz CT molecular complexity index is 1280. The third kappa shape index (κ3) is 5.44. The summed E-state index contributed by atoms with van der Waals surface area (Å²) in [5.74, 6) is -1.44. The molecule has 0 amide bonds. The number of hydrogen-bond donors (Lipinski definition) is 1. The standard InChI is InChI=1S/C28H27ClF2N2O/c1-33(2)13-12-28(34,20-15-21(30)17-22(31)16-20)18-25-23-10-6-7-11-26(23)32-27(29)24(25)14-19-8-4-3-5-9-19/h3-11,15-17,34H,12-14,18H2,1-2H3. The minimum atomic E-state index is -1.52. The minimum absolute atomic E-state index is 0.134. The number of nitrogens with zero attached hydrogens (tertiary/aromatic N) is 2. The summed E-state index contributed by atoms with van der Waals surface area (Å²) < 4.78 is 28.4. The zero-order valence-corrected chi connectivity index (χ0v) is 20.0. The molecule has 1 N–H and O–H groups in total. The van der Waals surface area contributed by atoms with Crippen LogP contribution in [0.3, 0.4) is 0 Å². The Morgan fingerprint density at radius 3 is 2.24 bits per heavy atom. The Kier molecular flexibility index (Phi) is 7.27. The van der Waals surface area contributed by atoms with E-state index in [2.05, 4.69) is 4.98 Å². The van der Waals surface area contributed by atoms with Crippen molar-refractivity contribution in [3.05, 3.63) is 112 Å². The van der Waals surface area contributed by atoms with Crippen LogP contribution < -0.4 is 0 Å². The van der Waals surface area contributed by atoms with Crippen molar-refractivity contribution >= 4 is 22.5 Å². The molecule has 4 aromatic rings. The number of halogens is 3. The van der Waals surface area contributed by atoms with Gasteiger partial charge in [-0.1, -0.05) is 60.1 Å². The minimum Gasteiger partial charge on any atom is -0.385 e. The van der Waals surface area contributed by atoms with Crippen molar-refractivity contribution in [3.8, 4) is 0 Å². The maximum atomic E-state index is 14.2. The van der Waals surface area contributed by atoms with Crippen LogP contribution >= 0.6 is 11.6 Å². The molecule has 3 nitrogen and oxygen atoms in total. The maximum absolute atomic E-state index is 14.2. The molecule has 1 atom stereocenters. The lowest BCUT2D eigenvalue weighted by Crippen LogP contribution is -2.33. The first-order valence-corrected chi connectivity index (χ1v) is 11.6. The summed E-state index contributed by atoms with van der Waals surface area (Å²) in [5.41, 5.74) is 2.06. The van der Waals surface area contributed by atoms with Crippen LogP contribution in [0.4, 0.5) is 8.78 Å². The number of aliphatic hydroxyl groups is 1. The van der Waals surface area contributed by atoms with Crippen molar-refractivity contribution in [3.63, 3.8) is 0 Å². The van der Waals surface area contributed by atoms with Crippen LogP contribution in [-0.2, 0) is 18.4 Å². The predicted octanol–water partition coefficient (Wildman–Crippen LogP) is 6.14. The lowest BCUT2D eigenvalue weighted by molar-refractivity contribution is 0.0208. The van der Waals surface area contributed by atoms with E-state index < -0.39 is 17.2 Å². The largest absolute Gasteiger partial charge is 0.385 e. The number of aromatic nitrogens is 1. The fourth-order valence-electron chi connectivity index (χ4n) is 4.33. The highest BCUT2D eigenvalue weighted by molar-refractivity contribution is 6.30. The van der Waals surface area contributed by atoms with Gasteiger partial charge in [-0.15, -0.1) is 0 Å². The van der Waals surface area contributed by atoms with Crippen LogP contribution in [0.1, 0.15) is 28.7 Å². The number of para-hydroxylation sites is 1. The van der Waals surface area contributed by atoms with E-state index in [-0.39, 0.29) is 18.4 Å². The molecule has 0 bridgehead atoms. The van der Waals surface area contributed by atoms with E-state index in [9.17, 15) is 13.9 Å². The van der Waals surface area contributed by atoms with E-state index in [1.54, 1.807) is 0 Å². The van der Waals surface area contributed by atoms with E-state index in [1.165, 1.54) is 12.1 Å². The molecule has 1 heterocycles. The topological polar surface area (TPSA) is 36.4 Å². The van der Waals surface area contributed by atoms with E-state index >= 15 is 0 Å². The van der Waals surface area contributed by atoms with Crippen molar-refractivity contribution in [1.82, 2.24) is 9.88 Å². The van der Waals surface area contributed by atoms with Gasteiger partial charge in [0.2, 0.25) is 0 Å². The quantitative estimate of drug-likeness (QED) is 0.308. The Morgan fingerprint density at radius 1 is 0.912 bits per heavy atom. The molecule has 3 aromatic carbocycles. The Balaban J connectivity index is 1.89. The summed E-state index contributed by atoms with van der Waals surface area (Å²) >= 11 is 6.69. The zero-order valence-electron chi connectivity index (χ0n) is 19.2. The normalized spacial score (nSPS) is 13.4. The number of rotatable bonds is 8. The predicted molar refractivity (Wildman–Crippen MR) is 133 cm³/mol. The molecule has 0 saturated carbocycles. The van der Waals surface area contributed by atoms with Gasteiger partial charge in [0, 0.05) is 30.8 Å². The number of fused-ring (bicyclic) bond motifs is 1. The first kappa shape index (κ1) is 24.3. The molecule has 0 fully saturated rings. The van der Waals surface area contributed by atoms with Gasteiger partial charge in [0.1, 0.15) is 16.8 Å². The average Bonchev–Trinajstić information content (AvgIpc) is 2.80. The molecule has 1 unspecified atom stereocenters. The molecule has 6 heteroatoms. The zero-order chi connectivity index (χ0) is 24.3. The summed E-state index contributed by atoms with van der Waals surface area (Å²) in [7, 11) is 3.79. The van der Waals surface area contributed by atoms with Crippen molar-refractivity contribution in [2.45, 2.75) is 24.9 Å². The Labute approximate surface area is 203 Å². The number of hydrogen-bond acceptors (Lipinski definition) is 3. The van der Waals surface area contributed by atoms with E-state index in [4.69, 9.17) is 11.6 Å². The van der Waals surface area contributed by atoms with Gasteiger partial charge in [-0.05, 0) is 61.0 Å². The lowest BCUT2D eigenvalue weighted by Gasteiger charge is -2.32. The molecule has 4 rings (SSSR count). The van der Waals surface area contributed by atoms with Crippen LogP contribution in [-0.4, -0.2) is 35.6 Å². The molecule has 0 aliphatic rings. The smallest absolute Gasteiger partial charge is 0.133 e. The van der Waals surface area contributed by atoms with E-state index in [0.717, 1.165) is 28.1 Å².